The van der Waals surface area contributed by atoms with Crippen LogP contribution >= 0.6 is 24.0 Å². The molecular formula is C18H26IN3O3. The van der Waals surface area contributed by atoms with E-state index in [4.69, 9.17) is 13.9 Å². The Labute approximate surface area is 166 Å². The van der Waals surface area contributed by atoms with Crippen LogP contribution in [0.1, 0.15) is 24.7 Å². The summed E-state index contributed by atoms with van der Waals surface area (Å²) in [5.74, 6) is 3.07. The smallest absolute Gasteiger partial charge is 0.191 e. The van der Waals surface area contributed by atoms with Gasteiger partial charge in [-0.15, -0.1) is 24.0 Å². The quantitative estimate of drug-likeness (QED) is 0.359. The first-order valence-corrected chi connectivity index (χ1v) is 8.03. The number of rotatable bonds is 8. The van der Waals surface area contributed by atoms with Gasteiger partial charge in [0, 0.05) is 13.6 Å². The Bertz CT molecular complexity index is 645. The first-order valence-electron chi connectivity index (χ1n) is 8.03. The zero-order valence-electron chi connectivity index (χ0n) is 14.9. The van der Waals surface area contributed by atoms with Gasteiger partial charge in [-0.1, -0.05) is 13.0 Å². The van der Waals surface area contributed by atoms with Gasteiger partial charge >= 0.3 is 0 Å². The highest BCUT2D eigenvalue weighted by molar-refractivity contribution is 14.0. The molecule has 0 atom stereocenters. The van der Waals surface area contributed by atoms with E-state index in [2.05, 4.69) is 22.5 Å². The third kappa shape index (κ3) is 6.85. The summed E-state index contributed by atoms with van der Waals surface area (Å²) in [6.45, 7) is 3.96. The number of hydrogen-bond acceptors (Lipinski definition) is 4. The fourth-order valence-corrected chi connectivity index (χ4v) is 2.14. The van der Waals surface area contributed by atoms with E-state index in [9.17, 15) is 0 Å². The molecule has 1 aromatic heterocycles. The Morgan fingerprint density at radius 2 is 1.96 bits per heavy atom. The van der Waals surface area contributed by atoms with Gasteiger partial charge in [0.1, 0.15) is 5.76 Å². The first kappa shape index (κ1) is 21.1. The van der Waals surface area contributed by atoms with E-state index >= 15 is 0 Å². The second-order valence-electron chi connectivity index (χ2n) is 5.19. The van der Waals surface area contributed by atoms with Crippen LogP contribution in [-0.4, -0.2) is 26.7 Å². The summed E-state index contributed by atoms with van der Waals surface area (Å²) in [7, 11) is 3.38. The predicted molar refractivity (Wildman–Crippen MR) is 110 cm³/mol. The van der Waals surface area contributed by atoms with Crippen molar-refractivity contribution in [3.05, 3.63) is 47.9 Å². The van der Waals surface area contributed by atoms with Crippen LogP contribution in [0.4, 0.5) is 0 Å². The number of furan rings is 1. The number of ether oxygens (including phenoxy) is 2. The molecule has 0 unspecified atom stereocenters. The molecule has 2 N–H and O–H groups in total. The molecule has 25 heavy (non-hydrogen) atoms. The van der Waals surface area contributed by atoms with Crippen LogP contribution < -0.4 is 20.1 Å². The fourth-order valence-electron chi connectivity index (χ4n) is 2.14. The van der Waals surface area contributed by atoms with E-state index in [0.29, 0.717) is 25.7 Å². The molecule has 2 aromatic rings. The summed E-state index contributed by atoms with van der Waals surface area (Å²) >= 11 is 0. The third-order valence-corrected chi connectivity index (χ3v) is 3.38. The van der Waals surface area contributed by atoms with Crippen molar-refractivity contribution < 1.29 is 13.9 Å². The number of nitrogens with one attached hydrogen (secondary N) is 2. The van der Waals surface area contributed by atoms with E-state index in [-0.39, 0.29) is 24.0 Å². The Kier molecular flexibility index (Phi) is 9.83. The van der Waals surface area contributed by atoms with E-state index in [1.165, 1.54) is 0 Å². The zero-order valence-corrected chi connectivity index (χ0v) is 17.2. The number of halogens is 1. The molecule has 0 fully saturated rings. The summed E-state index contributed by atoms with van der Waals surface area (Å²) in [5.41, 5.74) is 1.08. The van der Waals surface area contributed by atoms with Crippen molar-refractivity contribution in [1.29, 1.82) is 0 Å². The van der Waals surface area contributed by atoms with Gasteiger partial charge in [-0.3, -0.25) is 4.99 Å². The SMILES string of the molecule is CCCOc1ccc(CNC(=NC)NCc2ccco2)cc1OC.I. The summed E-state index contributed by atoms with van der Waals surface area (Å²) in [4.78, 5) is 4.20. The van der Waals surface area contributed by atoms with Crippen molar-refractivity contribution >= 4 is 29.9 Å². The highest BCUT2D eigenvalue weighted by atomic mass is 127. The van der Waals surface area contributed by atoms with E-state index in [1.807, 2.05) is 30.3 Å². The van der Waals surface area contributed by atoms with E-state index in [1.54, 1.807) is 20.4 Å². The molecule has 0 saturated heterocycles. The minimum atomic E-state index is 0. The number of aliphatic imine (C=N–C) groups is 1. The number of nitrogens with zero attached hydrogens (tertiary/aromatic N) is 1. The molecule has 1 heterocycles. The van der Waals surface area contributed by atoms with Gasteiger partial charge in [0.25, 0.3) is 0 Å². The van der Waals surface area contributed by atoms with Crippen LogP contribution in [-0.2, 0) is 13.1 Å². The Hall–Kier alpha value is -1.90. The van der Waals surface area contributed by atoms with Gasteiger partial charge in [-0.05, 0) is 36.2 Å². The van der Waals surface area contributed by atoms with Gasteiger partial charge < -0.3 is 24.5 Å². The Balaban J connectivity index is 0.00000312. The number of hydrogen-bond donors (Lipinski definition) is 2. The summed E-state index contributed by atoms with van der Waals surface area (Å²) in [6.07, 6.45) is 2.62. The van der Waals surface area contributed by atoms with E-state index in [0.717, 1.165) is 29.2 Å². The fraction of sp³-hybridized carbons (Fsp3) is 0.389. The van der Waals surface area contributed by atoms with Gasteiger partial charge in [-0.2, -0.15) is 0 Å². The van der Waals surface area contributed by atoms with Crippen molar-refractivity contribution in [3.8, 4) is 11.5 Å². The monoisotopic (exact) mass is 459 g/mol. The van der Waals surface area contributed by atoms with Crippen molar-refractivity contribution in [2.75, 3.05) is 20.8 Å². The lowest BCUT2D eigenvalue weighted by Gasteiger charge is -2.14. The van der Waals surface area contributed by atoms with Gasteiger partial charge in [0.05, 0.1) is 26.5 Å². The van der Waals surface area contributed by atoms with Crippen molar-refractivity contribution in [1.82, 2.24) is 10.6 Å². The lowest BCUT2D eigenvalue weighted by atomic mass is 10.2. The van der Waals surface area contributed by atoms with Gasteiger partial charge in [-0.25, -0.2) is 0 Å². The highest BCUT2D eigenvalue weighted by Crippen LogP contribution is 2.28. The maximum Gasteiger partial charge on any atom is 0.191 e. The molecule has 0 aliphatic carbocycles. The van der Waals surface area contributed by atoms with Crippen LogP contribution in [0.15, 0.2) is 46.0 Å². The topological polar surface area (TPSA) is 68.0 Å². The van der Waals surface area contributed by atoms with Crippen molar-refractivity contribution in [2.45, 2.75) is 26.4 Å². The average molecular weight is 459 g/mol. The van der Waals surface area contributed by atoms with Crippen LogP contribution in [0.5, 0.6) is 11.5 Å². The summed E-state index contributed by atoms with van der Waals surface area (Å²) in [5, 5.41) is 6.46. The maximum absolute atomic E-state index is 5.67. The number of methoxy groups -OCH3 is 1. The number of benzene rings is 1. The van der Waals surface area contributed by atoms with Crippen LogP contribution in [0.2, 0.25) is 0 Å². The molecular weight excluding hydrogens is 433 g/mol. The first-order chi connectivity index (χ1) is 11.8. The Morgan fingerprint density at radius 3 is 2.60 bits per heavy atom. The molecule has 0 spiro atoms. The van der Waals surface area contributed by atoms with Crippen LogP contribution in [0, 0.1) is 0 Å². The molecule has 1 aromatic carbocycles. The molecule has 0 aliphatic rings. The highest BCUT2D eigenvalue weighted by Gasteiger charge is 2.06. The predicted octanol–water partition coefficient (Wildman–Crippen LogP) is 3.56. The lowest BCUT2D eigenvalue weighted by Crippen LogP contribution is -2.36. The zero-order chi connectivity index (χ0) is 17.2. The summed E-state index contributed by atoms with van der Waals surface area (Å²) in [6, 6.07) is 9.70. The summed E-state index contributed by atoms with van der Waals surface area (Å²) < 4.78 is 16.4. The molecule has 0 bridgehead atoms. The van der Waals surface area contributed by atoms with Crippen LogP contribution in [0.3, 0.4) is 0 Å². The van der Waals surface area contributed by atoms with Crippen molar-refractivity contribution in [3.63, 3.8) is 0 Å². The largest absolute Gasteiger partial charge is 0.493 e. The normalized spacial score (nSPS) is 10.8. The Morgan fingerprint density at radius 1 is 1.16 bits per heavy atom. The van der Waals surface area contributed by atoms with Gasteiger partial charge in [0.2, 0.25) is 0 Å². The minimum absolute atomic E-state index is 0. The second kappa shape index (κ2) is 11.6. The molecule has 138 valence electrons. The number of guanidine groups is 1. The van der Waals surface area contributed by atoms with Crippen LogP contribution in [0.25, 0.3) is 0 Å². The molecule has 6 nitrogen and oxygen atoms in total. The average Bonchev–Trinajstić information content (AvgIpc) is 3.14. The molecule has 7 heteroatoms. The standard InChI is InChI=1S/C18H25N3O3.HI/c1-4-9-24-16-8-7-14(11-17(16)22-3)12-20-18(19-2)21-13-15-6-5-10-23-15;/h5-8,10-11H,4,9,12-13H2,1-3H3,(H2,19,20,21);1H. The van der Waals surface area contributed by atoms with Crippen molar-refractivity contribution in [2.24, 2.45) is 4.99 Å². The second-order valence-corrected chi connectivity index (χ2v) is 5.19. The molecule has 0 saturated carbocycles. The molecule has 0 aliphatic heterocycles. The molecule has 0 amide bonds. The van der Waals surface area contributed by atoms with Gasteiger partial charge in [0.15, 0.2) is 17.5 Å². The minimum Gasteiger partial charge on any atom is -0.493 e. The molecule has 0 radical (unpaired) electrons. The molecule has 2 rings (SSSR count). The lowest BCUT2D eigenvalue weighted by molar-refractivity contribution is 0.294. The maximum atomic E-state index is 5.67. The third-order valence-electron chi connectivity index (χ3n) is 3.38. The van der Waals surface area contributed by atoms with E-state index < -0.39 is 0 Å².